The van der Waals surface area contributed by atoms with Gasteiger partial charge in [-0.2, -0.15) is 0 Å². The Morgan fingerprint density at radius 3 is 1.55 bits per heavy atom. The zero-order valence-corrected chi connectivity index (χ0v) is 25.3. The summed E-state index contributed by atoms with van der Waals surface area (Å²) in [4.78, 5) is 14.7. The van der Waals surface area contributed by atoms with E-state index in [4.69, 9.17) is 19.4 Å². The Hall–Kier alpha value is -6.39. The van der Waals surface area contributed by atoms with Crippen LogP contribution in [0.15, 0.2) is 168 Å². The summed E-state index contributed by atoms with van der Waals surface area (Å²) in [6, 6.07) is 56.4. The van der Waals surface area contributed by atoms with E-state index in [1.807, 2.05) is 72.8 Å². The summed E-state index contributed by atoms with van der Waals surface area (Å²) in [5.41, 5.74) is 9.06. The fourth-order valence-corrected chi connectivity index (χ4v) is 6.41. The summed E-state index contributed by atoms with van der Waals surface area (Å²) in [6.45, 7) is 0. The Morgan fingerprint density at radius 1 is 0.340 bits per heavy atom. The molecule has 0 aliphatic rings. The third kappa shape index (κ3) is 4.84. The SMILES string of the molecule is c1ccc(-c2nc(-c3ccccc3)nc(-c3ccc4oc5c(-c6ccc(-c7cccc8ccccc78)cc6)cccc5c4c3)n2)cc1. The van der Waals surface area contributed by atoms with Crippen LogP contribution in [0.4, 0.5) is 0 Å². The first-order chi connectivity index (χ1) is 23.3. The number of benzene rings is 7. The molecule has 0 N–H and O–H groups in total. The normalized spacial score (nSPS) is 11.4. The molecule has 7 aromatic carbocycles. The molecule has 0 aliphatic heterocycles. The van der Waals surface area contributed by atoms with Crippen molar-refractivity contribution in [2.24, 2.45) is 0 Å². The maximum absolute atomic E-state index is 6.53. The highest BCUT2D eigenvalue weighted by atomic mass is 16.3. The number of nitrogens with zero attached hydrogens (tertiary/aromatic N) is 3. The Labute approximate surface area is 271 Å². The van der Waals surface area contributed by atoms with Crippen LogP contribution in [0.2, 0.25) is 0 Å². The molecule has 2 aromatic heterocycles. The monoisotopic (exact) mass is 601 g/mol. The van der Waals surface area contributed by atoms with Crippen molar-refractivity contribution in [1.29, 1.82) is 0 Å². The minimum absolute atomic E-state index is 0.620. The van der Waals surface area contributed by atoms with Crippen molar-refractivity contribution in [3.8, 4) is 56.4 Å². The van der Waals surface area contributed by atoms with Gasteiger partial charge in [0.05, 0.1) is 0 Å². The number of rotatable bonds is 5. The molecule has 47 heavy (non-hydrogen) atoms. The molecule has 0 bridgehead atoms. The summed E-state index contributed by atoms with van der Waals surface area (Å²) in [6.07, 6.45) is 0. The second-order valence-corrected chi connectivity index (χ2v) is 11.6. The van der Waals surface area contributed by atoms with Crippen molar-refractivity contribution in [2.75, 3.05) is 0 Å². The van der Waals surface area contributed by atoms with Crippen LogP contribution >= 0.6 is 0 Å². The van der Waals surface area contributed by atoms with Gasteiger partial charge in [0, 0.05) is 33.0 Å². The molecule has 220 valence electrons. The lowest BCUT2D eigenvalue weighted by molar-refractivity contribution is 0.670. The molecule has 4 nitrogen and oxygen atoms in total. The Balaban J connectivity index is 1.14. The zero-order chi connectivity index (χ0) is 31.2. The predicted octanol–water partition coefficient (Wildman–Crippen LogP) is 11.3. The van der Waals surface area contributed by atoms with Gasteiger partial charge in [-0.25, -0.2) is 15.0 Å². The number of hydrogen-bond donors (Lipinski definition) is 0. The smallest absolute Gasteiger partial charge is 0.164 e. The highest BCUT2D eigenvalue weighted by Gasteiger charge is 2.16. The van der Waals surface area contributed by atoms with E-state index in [9.17, 15) is 0 Å². The second kappa shape index (κ2) is 11.2. The van der Waals surface area contributed by atoms with E-state index in [-0.39, 0.29) is 0 Å². The predicted molar refractivity (Wildman–Crippen MR) is 192 cm³/mol. The van der Waals surface area contributed by atoms with Gasteiger partial charge in [0.25, 0.3) is 0 Å². The molecular weight excluding hydrogens is 574 g/mol. The van der Waals surface area contributed by atoms with E-state index in [0.717, 1.165) is 49.8 Å². The lowest BCUT2D eigenvalue weighted by Crippen LogP contribution is -2.00. The van der Waals surface area contributed by atoms with E-state index in [2.05, 4.69) is 91.0 Å². The van der Waals surface area contributed by atoms with Crippen molar-refractivity contribution in [2.45, 2.75) is 0 Å². The first kappa shape index (κ1) is 27.0. The van der Waals surface area contributed by atoms with E-state index in [1.165, 1.54) is 21.9 Å². The first-order valence-electron chi connectivity index (χ1n) is 15.7. The molecule has 0 radical (unpaired) electrons. The first-order valence-corrected chi connectivity index (χ1v) is 15.7. The highest BCUT2D eigenvalue weighted by Crippen LogP contribution is 2.38. The Kier molecular flexibility index (Phi) is 6.43. The van der Waals surface area contributed by atoms with Gasteiger partial charge in [0.2, 0.25) is 0 Å². The minimum atomic E-state index is 0.620. The maximum Gasteiger partial charge on any atom is 0.164 e. The van der Waals surface area contributed by atoms with Crippen LogP contribution in [0.3, 0.4) is 0 Å². The largest absolute Gasteiger partial charge is 0.455 e. The minimum Gasteiger partial charge on any atom is -0.455 e. The van der Waals surface area contributed by atoms with Gasteiger partial charge in [-0.1, -0.05) is 146 Å². The summed E-state index contributed by atoms with van der Waals surface area (Å²) in [5.74, 6) is 1.90. The Bertz CT molecular complexity index is 2490. The van der Waals surface area contributed by atoms with E-state index in [1.54, 1.807) is 0 Å². The average molecular weight is 602 g/mol. The molecule has 0 amide bonds. The van der Waals surface area contributed by atoms with Gasteiger partial charge in [0.15, 0.2) is 17.5 Å². The van der Waals surface area contributed by atoms with Gasteiger partial charge in [-0.3, -0.25) is 0 Å². The van der Waals surface area contributed by atoms with Crippen molar-refractivity contribution in [3.05, 3.63) is 164 Å². The van der Waals surface area contributed by atoms with Gasteiger partial charge in [-0.15, -0.1) is 0 Å². The van der Waals surface area contributed by atoms with Crippen molar-refractivity contribution < 1.29 is 4.42 Å². The van der Waals surface area contributed by atoms with Crippen LogP contribution < -0.4 is 0 Å². The molecule has 9 aromatic rings. The van der Waals surface area contributed by atoms with Crippen LogP contribution in [0.1, 0.15) is 0 Å². The molecular formula is C43H27N3O. The molecule has 0 aliphatic carbocycles. The molecule has 0 fully saturated rings. The lowest BCUT2D eigenvalue weighted by Gasteiger charge is -2.09. The summed E-state index contributed by atoms with van der Waals surface area (Å²) < 4.78 is 6.53. The van der Waals surface area contributed by atoms with Gasteiger partial charge in [-0.05, 0) is 45.7 Å². The van der Waals surface area contributed by atoms with Gasteiger partial charge in [0.1, 0.15) is 11.2 Å². The summed E-state index contributed by atoms with van der Waals surface area (Å²) >= 11 is 0. The van der Waals surface area contributed by atoms with Crippen LogP contribution in [0, 0.1) is 0 Å². The molecule has 0 saturated heterocycles. The Morgan fingerprint density at radius 2 is 0.851 bits per heavy atom. The van der Waals surface area contributed by atoms with Crippen LogP contribution in [-0.4, -0.2) is 15.0 Å². The lowest BCUT2D eigenvalue weighted by atomic mass is 9.95. The summed E-state index contributed by atoms with van der Waals surface area (Å²) in [7, 11) is 0. The fourth-order valence-electron chi connectivity index (χ4n) is 6.41. The number of furan rings is 1. The third-order valence-electron chi connectivity index (χ3n) is 8.75. The van der Waals surface area contributed by atoms with E-state index in [0.29, 0.717) is 17.5 Å². The topological polar surface area (TPSA) is 51.8 Å². The number of hydrogen-bond acceptors (Lipinski definition) is 4. The van der Waals surface area contributed by atoms with E-state index < -0.39 is 0 Å². The molecule has 0 spiro atoms. The quantitative estimate of drug-likeness (QED) is 0.197. The molecule has 0 saturated carbocycles. The van der Waals surface area contributed by atoms with Crippen LogP contribution in [0.25, 0.3) is 89.1 Å². The summed E-state index contributed by atoms with van der Waals surface area (Å²) in [5, 5.41) is 4.57. The van der Waals surface area contributed by atoms with Crippen molar-refractivity contribution >= 4 is 32.7 Å². The third-order valence-corrected chi connectivity index (χ3v) is 8.75. The zero-order valence-electron chi connectivity index (χ0n) is 25.3. The molecule has 9 rings (SSSR count). The van der Waals surface area contributed by atoms with Crippen LogP contribution in [-0.2, 0) is 0 Å². The van der Waals surface area contributed by atoms with E-state index >= 15 is 0 Å². The number of fused-ring (bicyclic) bond motifs is 4. The van der Waals surface area contributed by atoms with Crippen molar-refractivity contribution in [1.82, 2.24) is 15.0 Å². The average Bonchev–Trinajstić information content (AvgIpc) is 3.53. The van der Waals surface area contributed by atoms with Crippen LogP contribution in [0.5, 0.6) is 0 Å². The number of aromatic nitrogens is 3. The van der Waals surface area contributed by atoms with Crippen molar-refractivity contribution in [3.63, 3.8) is 0 Å². The maximum atomic E-state index is 6.53. The second-order valence-electron chi connectivity index (χ2n) is 11.6. The molecule has 4 heteroatoms. The fraction of sp³-hybridized carbons (Fsp3) is 0. The molecule has 0 atom stereocenters. The molecule has 2 heterocycles. The highest BCUT2D eigenvalue weighted by molar-refractivity contribution is 6.10. The van der Waals surface area contributed by atoms with Gasteiger partial charge < -0.3 is 4.42 Å². The van der Waals surface area contributed by atoms with Gasteiger partial charge >= 0.3 is 0 Å². The molecule has 0 unspecified atom stereocenters. The standard InChI is InChI=1S/C43H27N3O/c1-3-12-31(13-4-1)41-44-42(32-14-5-2-6-15-32)46-43(45-41)33-25-26-39-38(27-33)37-20-10-19-36(40(37)47-39)30-23-21-29(22-24-30)35-18-9-16-28-11-7-8-17-34(28)35/h1-27H. The number of para-hydroxylation sites is 1.